The maximum absolute atomic E-state index is 6.24. The fraction of sp³-hybridized carbons (Fsp3) is 0.136. The highest BCUT2D eigenvalue weighted by atomic mass is 35.5. The molecule has 0 atom stereocenters. The van der Waals surface area contributed by atoms with Crippen molar-refractivity contribution >= 4 is 52.0 Å². The molecule has 6 nitrogen and oxygen atoms in total. The molecule has 0 unspecified atom stereocenters. The summed E-state index contributed by atoms with van der Waals surface area (Å²) in [4.78, 5) is 0. The van der Waals surface area contributed by atoms with Gasteiger partial charge in [-0.15, -0.1) is 0 Å². The fourth-order valence-electron chi connectivity index (χ4n) is 3.15. The lowest BCUT2D eigenvalue weighted by Crippen LogP contribution is -2.19. The third-order valence-corrected chi connectivity index (χ3v) is 5.49. The van der Waals surface area contributed by atoms with Gasteiger partial charge in [0, 0.05) is 34.1 Å². The maximum atomic E-state index is 6.24. The van der Waals surface area contributed by atoms with Crippen molar-refractivity contribution in [3.8, 4) is 0 Å². The number of benzene rings is 2. The van der Waals surface area contributed by atoms with Gasteiger partial charge in [0.1, 0.15) is 0 Å². The molecule has 158 valence electrons. The van der Waals surface area contributed by atoms with Crippen molar-refractivity contribution in [2.45, 2.75) is 20.0 Å². The summed E-state index contributed by atoms with van der Waals surface area (Å²) in [6, 6.07) is 15.6. The lowest BCUT2D eigenvalue weighted by molar-refractivity contribution is 0.686. The van der Waals surface area contributed by atoms with Gasteiger partial charge in [-0.2, -0.15) is 10.2 Å². The van der Waals surface area contributed by atoms with Crippen molar-refractivity contribution in [1.29, 1.82) is 0 Å². The van der Waals surface area contributed by atoms with Gasteiger partial charge >= 0.3 is 0 Å². The van der Waals surface area contributed by atoms with Crippen LogP contribution in [0.4, 0.5) is 11.5 Å². The summed E-state index contributed by atoms with van der Waals surface area (Å²) in [6.45, 7) is 3.23. The molecule has 4 rings (SSSR count). The Bertz CT molecular complexity index is 1200. The van der Waals surface area contributed by atoms with Crippen LogP contribution in [0.1, 0.15) is 16.7 Å². The van der Waals surface area contributed by atoms with Crippen LogP contribution in [0.3, 0.4) is 0 Å². The fourth-order valence-corrected chi connectivity index (χ4v) is 3.89. The number of hydrogen-bond donors (Lipinski definition) is 2. The number of rotatable bonds is 6. The molecule has 0 aliphatic rings. The molecule has 4 aromatic rings. The highest BCUT2D eigenvalue weighted by molar-refractivity contribution is 7.80. The van der Waals surface area contributed by atoms with Crippen molar-refractivity contribution in [1.82, 2.24) is 19.6 Å². The van der Waals surface area contributed by atoms with E-state index in [4.69, 9.17) is 35.4 Å². The van der Waals surface area contributed by atoms with E-state index in [0.29, 0.717) is 34.1 Å². The molecular formula is C22H20Cl2N6S. The average molecular weight is 471 g/mol. The second-order valence-corrected chi connectivity index (χ2v) is 8.32. The number of anilines is 2. The first kappa shape index (κ1) is 21.4. The molecule has 0 radical (unpaired) electrons. The normalized spacial score (nSPS) is 10.8. The third-order valence-electron chi connectivity index (χ3n) is 4.58. The van der Waals surface area contributed by atoms with E-state index in [9.17, 15) is 0 Å². The number of hydrogen-bond acceptors (Lipinski definition) is 3. The molecule has 0 spiro atoms. The van der Waals surface area contributed by atoms with Gasteiger partial charge in [-0.1, -0.05) is 59.1 Å². The van der Waals surface area contributed by atoms with Crippen LogP contribution in [0.25, 0.3) is 0 Å². The highest BCUT2D eigenvalue weighted by Crippen LogP contribution is 2.25. The van der Waals surface area contributed by atoms with Crippen LogP contribution < -0.4 is 10.6 Å². The highest BCUT2D eigenvalue weighted by Gasteiger charge is 2.09. The number of halogens is 2. The van der Waals surface area contributed by atoms with Crippen molar-refractivity contribution in [2.24, 2.45) is 0 Å². The Hall–Kier alpha value is -2.87. The minimum Gasteiger partial charge on any atom is -0.330 e. The van der Waals surface area contributed by atoms with Gasteiger partial charge in [0.2, 0.25) is 0 Å². The molecule has 2 aromatic heterocycles. The van der Waals surface area contributed by atoms with Gasteiger partial charge in [-0.3, -0.25) is 9.36 Å². The monoisotopic (exact) mass is 470 g/mol. The zero-order valence-corrected chi connectivity index (χ0v) is 19.0. The zero-order chi connectivity index (χ0) is 21.8. The second-order valence-electron chi connectivity index (χ2n) is 7.09. The summed E-state index contributed by atoms with van der Waals surface area (Å²) in [5, 5.41) is 16.7. The van der Waals surface area contributed by atoms with Crippen molar-refractivity contribution < 1.29 is 0 Å². The molecular weight excluding hydrogens is 451 g/mol. The first-order valence-corrected chi connectivity index (χ1v) is 10.7. The quantitative estimate of drug-likeness (QED) is 0.359. The molecule has 0 amide bonds. The number of nitrogens with zero attached hydrogens (tertiary/aromatic N) is 4. The van der Waals surface area contributed by atoms with E-state index < -0.39 is 0 Å². The van der Waals surface area contributed by atoms with Crippen LogP contribution in [0.5, 0.6) is 0 Å². The van der Waals surface area contributed by atoms with Gasteiger partial charge in [0.25, 0.3) is 0 Å². The Morgan fingerprint density at radius 3 is 2.55 bits per heavy atom. The van der Waals surface area contributed by atoms with E-state index >= 15 is 0 Å². The summed E-state index contributed by atoms with van der Waals surface area (Å²) < 4.78 is 3.61. The van der Waals surface area contributed by atoms with Crippen LogP contribution in [-0.2, 0) is 13.1 Å². The molecule has 0 aliphatic heterocycles. The number of aryl methyl sites for hydroxylation is 1. The Morgan fingerprint density at radius 2 is 1.77 bits per heavy atom. The average Bonchev–Trinajstić information content (AvgIpc) is 3.34. The Balaban J connectivity index is 1.34. The van der Waals surface area contributed by atoms with E-state index in [1.165, 1.54) is 11.1 Å². The molecule has 0 fully saturated rings. The summed E-state index contributed by atoms with van der Waals surface area (Å²) in [5.41, 5.74) is 4.04. The molecule has 0 aliphatic carbocycles. The van der Waals surface area contributed by atoms with Gasteiger partial charge in [0.15, 0.2) is 10.9 Å². The second kappa shape index (κ2) is 9.51. The lowest BCUT2D eigenvalue weighted by Gasteiger charge is -2.08. The van der Waals surface area contributed by atoms with Gasteiger partial charge in [-0.05, 0) is 36.8 Å². The van der Waals surface area contributed by atoms with E-state index in [2.05, 4.69) is 46.0 Å². The molecule has 0 saturated heterocycles. The molecule has 0 saturated carbocycles. The largest absolute Gasteiger partial charge is 0.330 e. The van der Waals surface area contributed by atoms with Crippen LogP contribution in [0.15, 0.2) is 67.1 Å². The summed E-state index contributed by atoms with van der Waals surface area (Å²) in [5.74, 6) is 0.618. The van der Waals surface area contributed by atoms with Crippen LogP contribution in [-0.4, -0.2) is 24.7 Å². The predicted molar refractivity (Wildman–Crippen MR) is 130 cm³/mol. The molecule has 9 heteroatoms. The molecule has 2 aromatic carbocycles. The predicted octanol–water partition coefficient (Wildman–Crippen LogP) is 5.60. The van der Waals surface area contributed by atoms with Gasteiger partial charge in [-0.25, -0.2) is 0 Å². The minimum atomic E-state index is 0.427. The number of aromatic nitrogens is 4. The summed E-state index contributed by atoms with van der Waals surface area (Å²) >= 11 is 17.9. The van der Waals surface area contributed by atoms with E-state index in [1.54, 1.807) is 10.9 Å². The van der Waals surface area contributed by atoms with E-state index in [0.717, 1.165) is 11.3 Å². The molecule has 31 heavy (non-hydrogen) atoms. The van der Waals surface area contributed by atoms with Crippen LogP contribution >= 0.6 is 35.4 Å². The standard InChI is InChI=1S/C22H20Cl2N6S/c1-15-4-2-5-16(10-15)12-30-13-17(11-25-30)26-22(31)27-21-8-9-29(28-21)14-18-19(23)6-3-7-20(18)24/h2-11,13H,12,14H2,1H3,(H2,26,27,28,31). The van der Waals surface area contributed by atoms with Crippen LogP contribution in [0.2, 0.25) is 10.0 Å². The lowest BCUT2D eigenvalue weighted by atomic mass is 10.1. The smallest absolute Gasteiger partial charge is 0.176 e. The Kier molecular flexibility index (Phi) is 6.56. The van der Waals surface area contributed by atoms with Crippen molar-refractivity contribution in [3.63, 3.8) is 0 Å². The summed E-state index contributed by atoms with van der Waals surface area (Å²) in [6.07, 6.45) is 5.49. The minimum absolute atomic E-state index is 0.427. The van der Waals surface area contributed by atoms with Crippen LogP contribution in [0, 0.1) is 6.92 Å². The Morgan fingerprint density at radius 1 is 1.00 bits per heavy atom. The van der Waals surface area contributed by atoms with E-state index in [-0.39, 0.29) is 0 Å². The number of nitrogens with one attached hydrogen (secondary N) is 2. The molecule has 2 heterocycles. The van der Waals surface area contributed by atoms with E-state index in [1.807, 2.05) is 47.4 Å². The maximum Gasteiger partial charge on any atom is 0.176 e. The number of thiocarbonyl (C=S) groups is 1. The zero-order valence-electron chi connectivity index (χ0n) is 16.7. The molecule has 0 bridgehead atoms. The topological polar surface area (TPSA) is 59.7 Å². The van der Waals surface area contributed by atoms with Crippen molar-refractivity contribution in [3.05, 3.63) is 93.9 Å². The Labute approximate surface area is 195 Å². The van der Waals surface area contributed by atoms with Gasteiger partial charge in [0.05, 0.1) is 25.0 Å². The van der Waals surface area contributed by atoms with Gasteiger partial charge < -0.3 is 10.6 Å². The first-order chi connectivity index (χ1) is 15.0. The summed E-state index contributed by atoms with van der Waals surface area (Å²) in [7, 11) is 0. The van der Waals surface area contributed by atoms with Crippen molar-refractivity contribution in [2.75, 3.05) is 10.6 Å². The first-order valence-electron chi connectivity index (χ1n) is 9.58. The third kappa shape index (κ3) is 5.64. The SMILES string of the molecule is Cc1cccc(Cn2cc(NC(=S)Nc3ccn(Cc4c(Cl)cccc4Cl)n3)cn2)c1. The molecule has 2 N–H and O–H groups in total.